The monoisotopic (exact) mass is 878 g/mol. The molecule has 0 spiro atoms. The summed E-state index contributed by atoms with van der Waals surface area (Å²) in [6.45, 7) is 3.92. The predicted octanol–water partition coefficient (Wildman–Crippen LogP) is 10.9. The number of hydrogen-bond acceptors (Lipinski definition) is 9. The van der Waals surface area contributed by atoms with Crippen molar-refractivity contribution in [1.82, 2.24) is 4.90 Å². The van der Waals surface area contributed by atoms with Crippen LogP contribution in [0.25, 0.3) is 0 Å². The molecule has 1 aliphatic heterocycles. The van der Waals surface area contributed by atoms with Crippen LogP contribution in [0.2, 0.25) is 0 Å². The van der Waals surface area contributed by atoms with Crippen molar-refractivity contribution in [2.75, 3.05) is 6.61 Å². The normalized spacial score (nSPS) is 20.3. The fourth-order valence-corrected chi connectivity index (χ4v) is 8.70. The lowest BCUT2D eigenvalue weighted by molar-refractivity contribution is -0.231. The van der Waals surface area contributed by atoms with Gasteiger partial charge in [0, 0.05) is 6.42 Å². The van der Waals surface area contributed by atoms with Crippen molar-refractivity contribution < 1.29 is 44.7 Å². The zero-order valence-corrected chi connectivity index (χ0v) is 39.7. The molecule has 5 N–H and O–H groups in total. The third-order valence-corrected chi connectivity index (χ3v) is 12.7. The van der Waals surface area contributed by atoms with E-state index in [1.54, 1.807) is 6.08 Å². The summed E-state index contributed by atoms with van der Waals surface area (Å²) in [6.07, 6.45) is 37.5. The first-order valence-corrected chi connectivity index (χ1v) is 25.8. The molecule has 0 aromatic heterocycles. The molecule has 2 amide bonds. The maximum Gasteiger partial charge on any atom is 0.236 e. The SMILES string of the molecule is CCCCCCCC/C=C/CCCCCCCCCCCCCC(=O)N(C(=O)CC=O)C(CC[C@H]1O[C@@H](CO)[C@@H](O)[C@@H](O)[C@@H]1O)C(O)/C=C/CCCCCCCCCCCCC. The molecular formula is C52H95NO9. The van der Waals surface area contributed by atoms with E-state index >= 15 is 0 Å². The van der Waals surface area contributed by atoms with Crippen molar-refractivity contribution >= 4 is 18.1 Å². The van der Waals surface area contributed by atoms with Gasteiger partial charge in [-0.3, -0.25) is 14.5 Å². The molecule has 0 radical (unpaired) electrons. The van der Waals surface area contributed by atoms with Crippen LogP contribution in [0.3, 0.4) is 0 Å². The summed E-state index contributed by atoms with van der Waals surface area (Å²) in [5.74, 6) is -1.15. The molecule has 0 bridgehead atoms. The Morgan fingerprint density at radius 3 is 1.39 bits per heavy atom. The van der Waals surface area contributed by atoms with Crippen LogP contribution >= 0.6 is 0 Å². The Balaban J connectivity index is 2.59. The highest BCUT2D eigenvalue weighted by Gasteiger charge is 2.44. The lowest BCUT2D eigenvalue weighted by Crippen LogP contribution is -2.59. The van der Waals surface area contributed by atoms with E-state index in [4.69, 9.17) is 4.74 Å². The molecule has 1 saturated heterocycles. The molecule has 1 fully saturated rings. The minimum absolute atomic E-state index is 0.0132. The van der Waals surface area contributed by atoms with Crippen LogP contribution in [0.15, 0.2) is 24.3 Å². The van der Waals surface area contributed by atoms with E-state index in [1.165, 1.54) is 141 Å². The van der Waals surface area contributed by atoms with Crippen molar-refractivity contribution in [3.05, 3.63) is 24.3 Å². The molecule has 1 rings (SSSR count). The number of unbranched alkanes of at least 4 members (excludes halogenated alkanes) is 28. The topological polar surface area (TPSA) is 165 Å². The number of amides is 2. The van der Waals surface area contributed by atoms with Gasteiger partial charge in [0.1, 0.15) is 30.7 Å². The van der Waals surface area contributed by atoms with Gasteiger partial charge in [-0.25, -0.2) is 0 Å². The number of aliphatic hydroxyl groups is 5. The van der Waals surface area contributed by atoms with Crippen LogP contribution in [0.1, 0.15) is 239 Å². The molecule has 0 saturated carbocycles. The zero-order chi connectivity index (χ0) is 45.5. The summed E-state index contributed by atoms with van der Waals surface area (Å²) in [5, 5.41) is 52.5. The van der Waals surface area contributed by atoms with E-state index in [-0.39, 0.29) is 19.3 Å². The summed E-state index contributed by atoms with van der Waals surface area (Å²) in [7, 11) is 0. The second-order valence-corrected chi connectivity index (χ2v) is 18.2. The molecule has 362 valence electrons. The number of aldehydes is 1. The summed E-state index contributed by atoms with van der Waals surface area (Å²) in [5.41, 5.74) is 0. The number of ether oxygens (including phenoxy) is 1. The van der Waals surface area contributed by atoms with Gasteiger partial charge in [0.15, 0.2) is 0 Å². The molecule has 10 heteroatoms. The molecule has 0 aliphatic carbocycles. The van der Waals surface area contributed by atoms with E-state index in [0.29, 0.717) is 12.7 Å². The highest BCUT2D eigenvalue weighted by Crippen LogP contribution is 2.27. The zero-order valence-electron chi connectivity index (χ0n) is 39.7. The number of rotatable bonds is 42. The smallest absolute Gasteiger partial charge is 0.236 e. The Labute approximate surface area is 378 Å². The second-order valence-electron chi connectivity index (χ2n) is 18.2. The molecule has 2 unspecified atom stereocenters. The number of imide groups is 1. The average molecular weight is 878 g/mol. The number of nitrogens with zero attached hydrogens (tertiary/aromatic N) is 1. The average Bonchev–Trinajstić information content (AvgIpc) is 3.26. The van der Waals surface area contributed by atoms with Gasteiger partial charge in [-0.2, -0.15) is 0 Å². The molecule has 0 aromatic rings. The van der Waals surface area contributed by atoms with Crippen LogP contribution < -0.4 is 0 Å². The molecule has 1 heterocycles. The lowest BCUT2D eigenvalue weighted by atomic mass is 9.90. The van der Waals surface area contributed by atoms with Crippen molar-refractivity contribution in [2.45, 2.75) is 281 Å². The Hall–Kier alpha value is -1.95. The Bertz CT molecular complexity index is 1130. The number of carbonyl (C=O) groups is 3. The van der Waals surface area contributed by atoms with Gasteiger partial charge >= 0.3 is 0 Å². The van der Waals surface area contributed by atoms with E-state index in [1.807, 2.05) is 6.08 Å². The van der Waals surface area contributed by atoms with Gasteiger partial charge in [0.2, 0.25) is 11.8 Å². The maximum atomic E-state index is 13.8. The minimum atomic E-state index is -1.56. The summed E-state index contributed by atoms with van der Waals surface area (Å²) in [4.78, 5) is 39.7. The maximum absolute atomic E-state index is 13.8. The highest BCUT2D eigenvalue weighted by atomic mass is 16.5. The Kier molecular flexibility index (Phi) is 38.0. The van der Waals surface area contributed by atoms with Crippen LogP contribution in [-0.2, 0) is 19.1 Å². The third-order valence-electron chi connectivity index (χ3n) is 12.7. The first kappa shape index (κ1) is 58.1. The lowest BCUT2D eigenvalue weighted by Gasteiger charge is -2.41. The summed E-state index contributed by atoms with van der Waals surface area (Å²) < 4.78 is 5.71. The number of carbonyl (C=O) groups excluding carboxylic acids is 3. The van der Waals surface area contributed by atoms with E-state index in [2.05, 4.69) is 26.0 Å². The van der Waals surface area contributed by atoms with Gasteiger partial charge in [-0.1, -0.05) is 192 Å². The first-order chi connectivity index (χ1) is 30.2. The van der Waals surface area contributed by atoms with Crippen molar-refractivity contribution in [3.63, 3.8) is 0 Å². The molecule has 62 heavy (non-hydrogen) atoms. The van der Waals surface area contributed by atoms with E-state index in [0.717, 1.165) is 56.3 Å². The van der Waals surface area contributed by atoms with E-state index < -0.39 is 67.5 Å². The minimum Gasteiger partial charge on any atom is -0.394 e. The second kappa shape index (κ2) is 40.6. The summed E-state index contributed by atoms with van der Waals surface area (Å²) >= 11 is 0. The van der Waals surface area contributed by atoms with Gasteiger partial charge in [-0.05, 0) is 57.8 Å². The number of hydrogen-bond donors (Lipinski definition) is 5. The molecular weight excluding hydrogens is 783 g/mol. The van der Waals surface area contributed by atoms with Gasteiger partial charge in [-0.15, -0.1) is 0 Å². The van der Waals surface area contributed by atoms with Crippen molar-refractivity contribution in [2.24, 2.45) is 0 Å². The van der Waals surface area contributed by atoms with E-state index in [9.17, 15) is 39.9 Å². The largest absolute Gasteiger partial charge is 0.394 e. The van der Waals surface area contributed by atoms with Gasteiger partial charge in [0.25, 0.3) is 0 Å². The fraction of sp³-hybridized carbons (Fsp3) is 0.865. The fourth-order valence-electron chi connectivity index (χ4n) is 8.70. The van der Waals surface area contributed by atoms with Crippen LogP contribution in [0, 0.1) is 0 Å². The quantitative estimate of drug-likeness (QED) is 0.0174. The Morgan fingerprint density at radius 1 is 0.548 bits per heavy atom. The Morgan fingerprint density at radius 2 is 0.952 bits per heavy atom. The number of aliphatic hydroxyl groups excluding tert-OH is 5. The van der Waals surface area contributed by atoms with Crippen molar-refractivity contribution in [1.29, 1.82) is 0 Å². The standard InChI is InChI=1S/C52H95NO9/c1-3-5-7-9-11-13-15-17-18-19-20-21-22-23-24-26-28-30-32-34-36-38-48(57)53(49(58)41-42-54)44(39-40-46-50(59)52(61)51(60)47(43-55)62-46)45(56)37-35-33-31-29-27-25-16-14-12-10-8-6-4-2/h17-18,35,37,42,44-47,50-52,55-56,59-61H,3-16,19-34,36,38-41,43H2,1-2H3/b18-17+,37-35+/t44?,45?,46-,47+,50-,51-,52+/m1/s1. The summed E-state index contributed by atoms with van der Waals surface area (Å²) in [6, 6.07) is -1.04. The highest BCUT2D eigenvalue weighted by molar-refractivity contribution is 6.00. The van der Waals surface area contributed by atoms with Crippen LogP contribution in [0.5, 0.6) is 0 Å². The molecule has 7 atom stereocenters. The van der Waals surface area contributed by atoms with Crippen LogP contribution in [-0.4, -0.2) is 97.8 Å². The van der Waals surface area contributed by atoms with Crippen LogP contribution in [0.4, 0.5) is 0 Å². The molecule has 10 nitrogen and oxygen atoms in total. The third kappa shape index (κ3) is 28.1. The predicted molar refractivity (Wildman–Crippen MR) is 253 cm³/mol. The van der Waals surface area contributed by atoms with Crippen molar-refractivity contribution in [3.8, 4) is 0 Å². The number of allylic oxidation sites excluding steroid dienone is 3. The molecule has 1 aliphatic rings. The molecule has 0 aromatic carbocycles. The first-order valence-electron chi connectivity index (χ1n) is 25.8. The van der Waals surface area contributed by atoms with Gasteiger partial charge in [0.05, 0.1) is 31.3 Å². The van der Waals surface area contributed by atoms with Gasteiger partial charge < -0.3 is 35.1 Å².